The Morgan fingerprint density at radius 3 is 2.69 bits per heavy atom. The zero-order chi connectivity index (χ0) is 22.9. The molecule has 0 radical (unpaired) electrons. The van der Waals surface area contributed by atoms with Crippen molar-refractivity contribution in [2.75, 3.05) is 28.8 Å². The van der Waals surface area contributed by atoms with Crippen molar-refractivity contribution in [3.63, 3.8) is 0 Å². The van der Waals surface area contributed by atoms with E-state index in [0.29, 0.717) is 42.2 Å². The summed E-state index contributed by atoms with van der Waals surface area (Å²) in [6.45, 7) is 4.66. The molecule has 2 aromatic rings. The predicted octanol–water partition coefficient (Wildman–Crippen LogP) is 2.60. The molecule has 0 aromatic heterocycles. The molecule has 2 heterocycles. The quantitative estimate of drug-likeness (QED) is 0.719. The fraction of sp³-hybridized carbons (Fsp3) is 0.391. The van der Waals surface area contributed by atoms with E-state index in [1.165, 1.54) is 10.4 Å². The van der Waals surface area contributed by atoms with Gasteiger partial charge < -0.3 is 15.0 Å². The second kappa shape index (κ2) is 8.82. The van der Waals surface area contributed by atoms with E-state index in [9.17, 15) is 18.0 Å². The van der Waals surface area contributed by atoms with Gasteiger partial charge in [-0.05, 0) is 55.7 Å². The van der Waals surface area contributed by atoms with Crippen LogP contribution in [0.2, 0.25) is 0 Å². The van der Waals surface area contributed by atoms with Crippen LogP contribution in [0.25, 0.3) is 0 Å². The largest absolute Gasteiger partial charge is 0.476 e. The topological polar surface area (TPSA) is 96.0 Å². The molecule has 0 bridgehead atoms. The summed E-state index contributed by atoms with van der Waals surface area (Å²) in [5.74, 6) is 0.0418. The minimum Gasteiger partial charge on any atom is -0.476 e. The first kappa shape index (κ1) is 22.1. The number of hydrogen-bond acceptors (Lipinski definition) is 5. The molecule has 170 valence electrons. The molecule has 9 heteroatoms. The highest BCUT2D eigenvalue weighted by molar-refractivity contribution is 7.93. The Bertz CT molecular complexity index is 1150. The van der Waals surface area contributed by atoms with Gasteiger partial charge in [0, 0.05) is 25.2 Å². The number of aryl methyl sites for hydroxylation is 1. The molecule has 2 aliphatic rings. The average Bonchev–Trinajstić information content (AvgIpc) is 3.22. The van der Waals surface area contributed by atoms with E-state index in [1.807, 2.05) is 6.92 Å². The zero-order valence-electron chi connectivity index (χ0n) is 18.2. The van der Waals surface area contributed by atoms with Crippen molar-refractivity contribution in [3.8, 4) is 5.75 Å². The van der Waals surface area contributed by atoms with Gasteiger partial charge in [0.25, 0.3) is 15.9 Å². The summed E-state index contributed by atoms with van der Waals surface area (Å²) in [6.07, 6.45) is 1.12. The molecule has 2 aromatic carbocycles. The summed E-state index contributed by atoms with van der Waals surface area (Å²) >= 11 is 0. The van der Waals surface area contributed by atoms with Crippen molar-refractivity contribution >= 4 is 33.2 Å². The third-order valence-corrected chi connectivity index (χ3v) is 7.63. The second-order valence-electron chi connectivity index (χ2n) is 8.00. The SMILES string of the molecule is CCCNC(=O)C1CN(S(=O)(=O)c2ccc(N3CCCC3=O)cc2C)c2ccccc2O1. The van der Waals surface area contributed by atoms with E-state index in [0.717, 1.165) is 12.8 Å². The minimum atomic E-state index is -3.98. The number of anilines is 2. The highest BCUT2D eigenvalue weighted by Crippen LogP contribution is 2.38. The van der Waals surface area contributed by atoms with Crippen LogP contribution in [0.1, 0.15) is 31.7 Å². The number of nitrogens with zero attached hydrogens (tertiary/aromatic N) is 2. The van der Waals surface area contributed by atoms with Gasteiger partial charge in [0.1, 0.15) is 5.75 Å². The van der Waals surface area contributed by atoms with Gasteiger partial charge in [0.2, 0.25) is 5.91 Å². The molecule has 2 aliphatic heterocycles. The lowest BCUT2D eigenvalue weighted by Crippen LogP contribution is -2.50. The van der Waals surface area contributed by atoms with Gasteiger partial charge in [0.05, 0.1) is 17.1 Å². The lowest BCUT2D eigenvalue weighted by Gasteiger charge is -2.35. The molecule has 1 atom stereocenters. The molecule has 1 N–H and O–H groups in total. The number of carbonyl (C=O) groups excluding carboxylic acids is 2. The lowest BCUT2D eigenvalue weighted by molar-refractivity contribution is -0.127. The summed E-state index contributed by atoms with van der Waals surface area (Å²) in [6, 6.07) is 11.7. The fourth-order valence-electron chi connectivity index (χ4n) is 4.06. The van der Waals surface area contributed by atoms with Gasteiger partial charge in [-0.25, -0.2) is 8.42 Å². The van der Waals surface area contributed by atoms with Crippen molar-refractivity contribution < 1.29 is 22.7 Å². The monoisotopic (exact) mass is 457 g/mol. The first-order valence-corrected chi connectivity index (χ1v) is 12.2. The van der Waals surface area contributed by atoms with Crippen molar-refractivity contribution in [3.05, 3.63) is 48.0 Å². The fourth-order valence-corrected chi connectivity index (χ4v) is 5.74. The number of benzene rings is 2. The molecule has 4 rings (SSSR count). The highest BCUT2D eigenvalue weighted by Gasteiger charge is 2.38. The Morgan fingerprint density at radius 2 is 2.00 bits per heavy atom. The van der Waals surface area contributed by atoms with E-state index in [2.05, 4.69) is 5.32 Å². The normalized spacial score (nSPS) is 18.3. The molecule has 1 saturated heterocycles. The van der Waals surface area contributed by atoms with Crippen molar-refractivity contribution in [1.82, 2.24) is 5.32 Å². The number of sulfonamides is 1. The van der Waals surface area contributed by atoms with Gasteiger partial charge in [-0.2, -0.15) is 0 Å². The molecule has 0 spiro atoms. The lowest BCUT2D eigenvalue weighted by atomic mass is 10.2. The summed E-state index contributed by atoms with van der Waals surface area (Å²) in [5.41, 5.74) is 1.63. The van der Waals surface area contributed by atoms with Crippen LogP contribution in [-0.2, 0) is 19.6 Å². The molecular formula is C23H27N3O5S. The maximum Gasteiger partial charge on any atom is 0.264 e. The molecule has 32 heavy (non-hydrogen) atoms. The summed E-state index contributed by atoms with van der Waals surface area (Å²) in [5, 5.41) is 2.78. The van der Waals surface area contributed by atoms with Crippen molar-refractivity contribution in [1.29, 1.82) is 0 Å². The van der Waals surface area contributed by atoms with Crippen molar-refractivity contribution in [2.24, 2.45) is 0 Å². The van der Waals surface area contributed by atoms with Gasteiger partial charge in [-0.1, -0.05) is 19.1 Å². The number of carbonyl (C=O) groups is 2. The summed E-state index contributed by atoms with van der Waals surface area (Å²) in [4.78, 5) is 26.5. The minimum absolute atomic E-state index is 0.0445. The average molecular weight is 458 g/mol. The van der Waals surface area contributed by atoms with Crippen LogP contribution in [0.4, 0.5) is 11.4 Å². The van der Waals surface area contributed by atoms with E-state index < -0.39 is 16.1 Å². The van der Waals surface area contributed by atoms with E-state index in [-0.39, 0.29) is 23.3 Å². The number of fused-ring (bicyclic) bond motifs is 1. The molecule has 0 aliphatic carbocycles. The Hall–Kier alpha value is -3.07. The molecular weight excluding hydrogens is 430 g/mol. The van der Waals surface area contributed by atoms with Crippen LogP contribution in [-0.4, -0.2) is 46.0 Å². The van der Waals surface area contributed by atoms with Gasteiger partial charge in [0.15, 0.2) is 6.10 Å². The van der Waals surface area contributed by atoms with E-state index in [1.54, 1.807) is 48.2 Å². The maximum atomic E-state index is 13.7. The predicted molar refractivity (Wildman–Crippen MR) is 121 cm³/mol. The van der Waals surface area contributed by atoms with E-state index in [4.69, 9.17) is 4.74 Å². The Kier molecular flexibility index (Phi) is 6.10. The Balaban J connectivity index is 1.69. The zero-order valence-corrected chi connectivity index (χ0v) is 19.0. The first-order valence-electron chi connectivity index (χ1n) is 10.8. The smallest absolute Gasteiger partial charge is 0.264 e. The standard InChI is InChI=1S/C23H27N3O5S/c1-3-12-24-23(28)20-15-26(18-7-4-5-8-19(18)31-20)32(29,30)21-11-10-17(14-16(21)2)25-13-6-9-22(25)27/h4-5,7-8,10-11,14,20H,3,6,9,12-13,15H2,1-2H3,(H,24,28). The van der Waals surface area contributed by atoms with Crippen LogP contribution in [0.5, 0.6) is 5.75 Å². The molecule has 2 amide bonds. The molecule has 1 fully saturated rings. The number of amides is 2. The molecule has 1 unspecified atom stereocenters. The second-order valence-corrected chi connectivity index (χ2v) is 9.83. The van der Waals surface area contributed by atoms with Crippen LogP contribution in [0.15, 0.2) is 47.4 Å². The summed E-state index contributed by atoms with van der Waals surface area (Å²) in [7, 11) is -3.98. The third-order valence-electron chi connectivity index (χ3n) is 5.69. The van der Waals surface area contributed by atoms with E-state index >= 15 is 0 Å². The Labute approximate surface area is 188 Å². The summed E-state index contributed by atoms with van der Waals surface area (Å²) < 4.78 is 34.5. The number of para-hydroxylation sites is 2. The number of rotatable bonds is 6. The number of hydrogen-bond donors (Lipinski definition) is 1. The van der Waals surface area contributed by atoms with Gasteiger partial charge in [-0.3, -0.25) is 13.9 Å². The maximum absolute atomic E-state index is 13.7. The van der Waals surface area contributed by atoms with Crippen LogP contribution in [0.3, 0.4) is 0 Å². The van der Waals surface area contributed by atoms with Gasteiger partial charge >= 0.3 is 0 Å². The van der Waals surface area contributed by atoms with Crippen LogP contribution >= 0.6 is 0 Å². The number of ether oxygens (including phenoxy) is 1. The van der Waals surface area contributed by atoms with Crippen LogP contribution in [0, 0.1) is 6.92 Å². The van der Waals surface area contributed by atoms with Gasteiger partial charge in [-0.15, -0.1) is 0 Å². The van der Waals surface area contributed by atoms with Crippen molar-refractivity contribution in [2.45, 2.75) is 44.1 Å². The first-order chi connectivity index (χ1) is 15.3. The third kappa shape index (κ3) is 4.04. The molecule has 8 nitrogen and oxygen atoms in total. The van der Waals surface area contributed by atoms with Crippen LogP contribution < -0.4 is 19.3 Å². The number of nitrogens with one attached hydrogen (secondary N) is 1. The molecule has 0 saturated carbocycles. The highest BCUT2D eigenvalue weighted by atomic mass is 32.2. The Morgan fingerprint density at radius 1 is 1.22 bits per heavy atom.